The van der Waals surface area contributed by atoms with Crippen molar-refractivity contribution in [3.63, 3.8) is 0 Å². The number of anilines is 1. The first-order chi connectivity index (χ1) is 18.8. The third-order valence-electron chi connectivity index (χ3n) is 5.21. The monoisotopic (exact) mass is 528 g/mol. The van der Waals surface area contributed by atoms with Gasteiger partial charge in [0, 0.05) is 23.4 Å². The molecule has 0 bridgehead atoms. The number of non-ortho nitro benzene ring substituents is 1. The summed E-state index contributed by atoms with van der Waals surface area (Å²) in [6, 6.07) is 19.0. The van der Waals surface area contributed by atoms with Gasteiger partial charge in [-0.3, -0.25) is 19.7 Å². The third kappa shape index (κ3) is 6.71. The number of rotatable bonds is 9. The molecule has 1 heterocycles. The van der Waals surface area contributed by atoms with E-state index in [9.17, 15) is 24.5 Å². The number of furan rings is 1. The average Bonchev–Trinajstić information content (AvgIpc) is 3.49. The zero-order valence-corrected chi connectivity index (χ0v) is 20.3. The number of carbonyl (C=O) groups is 3. The number of esters is 1. The number of nitrogens with one attached hydrogen (secondary N) is 2. The maximum atomic E-state index is 12.5. The van der Waals surface area contributed by atoms with Gasteiger partial charge in [-0.25, -0.2) is 10.2 Å². The highest BCUT2D eigenvalue weighted by atomic mass is 16.6. The highest BCUT2D eigenvalue weighted by Gasteiger charge is 2.15. The summed E-state index contributed by atoms with van der Waals surface area (Å²) >= 11 is 0. The van der Waals surface area contributed by atoms with E-state index in [4.69, 9.17) is 13.9 Å². The number of methoxy groups -OCH3 is 1. The molecule has 0 radical (unpaired) electrons. The van der Waals surface area contributed by atoms with E-state index in [-0.39, 0.29) is 34.1 Å². The summed E-state index contributed by atoms with van der Waals surface area (Å²) in [5.41, 5.74) is 3.56. The van der Waals surface area contributed by atoms with Crippen molar-refractivity contribution in [3.05, 3.63) is 118 Å². The number of benzene rings is 3. The molecule has 0 unspecified atom stereocenters. The van der Waals surface area contributed by atoms with Gasteiger partial charge in [-0.15, -0.1) is 0 Å². The summed E-state index contributed by atoms with van der Waals surface area (Å²) in [4.78, 5) is 47.3. The first kappa shape index (κ1) is 26.3. The second-order valence-corrected chi connectivity index (χ2v) is 7.82. The van der Waals surface area contributed by atoms with Gasteiger partial charge in [0.2, 0.25) is 0 Å². The van der Waals surface area contributed by atoms with Crippen LogP contribution in [0.5, 0.6) is 11.5 Å². The van der Waals surface area contributed by atoms with E-state index in [1.54, 1.807) is 36.4 Å². The fraction of sp³-hybridized carbons (Fsp3) is 0.0370. The predicted molar refractivity (Wildman–Crippen MR) is 139 cm³/mol. The molecule has 0 aliphatic heterocycles. The molecule has 0 atom stereocenters. The molecule has 12 nitrogen and oxygen atoms in total. The Balaban J connectivity index is 1.37. The quantitative estimate of drug-likeness (QED) is 0.106. The molecule has 4 aromatic rings. The number of ether oxygens (including phenoxy) is 2. The summed E-state index contributed by atoms with van der Waals surface area (Å²) in [5, 5.41) is 17.4. The highest BCUT2D eigenvalue weighted by molar-refractivity contribution is 6.03. The zero-order valence-electron chi connectivity index (χ0n) is 20.3. The SMILES string of the molecule is COc1cc(C=NNC(=O)c2cccc(NC(=O)c3ccco3)c2)ccc1OC(=O)c1ccc([N+](=O)[O-])cc1. The number of nitro benzene ring substituents is 1. The summed E-state index contributed by atoms with van der Waals surface area (Å²) in [5.74, 6) is -1.21. The van der Waals surface area contributed by atoms with Crippen molar-refractivity contribution in [3.8, 4) is 11.5 Å². The van der Waals surface area contributed by atoms with Crippen LogP contribution in [-0.2, 0) is 0 Å². The number of hydrazone groups is 1. The molecule has 3 aromatic carbocycles. The van der Waals surface area contributed by atoms with Crippen LogP contribution < -0.4 is 20.2 Å². The van der Waals surface area contributed by atoms with Crippen molar-refractivity contribution < 1.29 is 33.2 Å². The van der Waals surface area contributed by atoms with Crippen LogP contribution in [-0.4, -0.2) is 36.0 Å². The lowest BCUT2D eigenvalue weighted by atomic mass is 10.2. The molecule has 12 heteroatoms. The van der Waals surface area contributed by atoms with Gasteiger partial charge >= 0.3 is 5.97 Å². The molecular weight excluding hydrogens is 508 g/mol. The van der Waals surface area contributed by atoms with Crippen LogP contribution in [0.3, 0.4) is 0 Å². The van der Waals surface area contributed by atoms with Crippen LogP contribution in [0.2, 0.25) is 0 Å². The van der Waals surface area contributed by atoms with E-state index >= 15 is 0 Å². The lowest BCUT2D eigenvalue weighted by Gasteiger charge is -2.10. The van der Waals surface area contributed by atoms with Gasteiger partial charge in [0.05, 0.1) is 30.1 Å². The fourth-order valence-electron chi connectivity index (χ4n) is 3.30. The van der Waals surface area contributed by atoms with E-state index in [0.29, 0.717) is 11.3 Å². The summed E-state index contributed by atoms with van der Waals surface area (Å²) in [6.07, 6.45) is 2.75. The molecule has 1 aromatic heterocycles. The van der Waals surface area contributed by atoms with Crippen molar-refractivity contribution >= 4 is 35.4 Å². The second kappa shape index (κ2) is 12.0. The Labute approximate surface area is 221 Å². The smallest absolute Gasteiger partial charge is 0.343 e. The maximum absolute atomic E-state index is 12.5. The van der Waals surface area contributed by atoms with E-state index in [1.807, 2.05) is 0 Å². The zero-order chi connectivity index (χ0) is 27.8. The highest BCUT2D eigenvalue weighted by Crippen LogP contribution is 2.28. The van der Waals surface area contributed by atoms with E-state index in [2.05, 4.69) is 15.8 Å². The average molecular weight is 528 g/mol. The molecule has 0 spiro atoms. The standard InChI is InChI=1S/C27H20N4O8/c1-37-24-14-17(7-12-22(24)39-27(34)18-8-10-21(11-9-18)31(35)36)16-28-30-25(32)19-4-2-5-20(15-19)29-26(33)23-6-3-13-38-23/h2-16H,1H3,(H,29,33)(H,30,32). The van der Waals surface area contributed by atoms with E-state index < -0.39 is 22.7 Å². The first-order valence-corrected chi connectivity index (χ1v) is 11.3. The van der Waals surface area contributed by atoms with Crippen molar-refractivity contribution in [2.24, 2.45) is 5.10 Å². The fourth-order valence-corrected chi connectivity index (χ4v) is 3.30. The van der Waals surface area contributed by atoms with E-state index in [1.165, 1.54) is 62.1 Å². The van der Waals surface area contributed by atoms with Crippen molar-refractivity contribution in [1.82, 2.24) is 5.43 Å². The van der Waals surface area contributed by atoms with Crippen molar-refractivity contribution in [2.75, 3.05) is 12.4 Å². The van der Waals surface area contributed by atoms with Crippen LogP contribution in [0.25, 0.3) is 0 Å². The van der Waals surface area contributed by atoms with Crippen molar-refractivity contribution in [1.29, 1.82) is 0 Å². The second-order valence-electron chi connectivity index (χ2n) is 7.82. The minimum absolute atomic E-state index is 0.121. The van der Waals surface area contributed by atoms with Crippen LogP contribution in [0.4, 0.5) is 11.4 Å². The molecule has 196 valence electrons. The van der Waals surface area contributed by atoms with Gasteiger partial charge in [-0.05, 0) is 66.2 Å². The normalized spacial score (nSPS) is 10.6. The Kier molecular flexibility index (Phi) is 8.07. The number of carbonyl (C=O) groups excluding carboxylic acids is 3. The van der Waals surface area contributed by atoms with Gasteiger partial charge in [0.15, 0.2) is 17.3 Å². The lowest BCUT2D eigenvalue weighted by molar-refractivity contribution is -0.384. The molecular formula is C27H20N4O8. The molecule has 4 rings (SSSR count). The summed E-state index contributed by atoms with van der Waals surface area (Å²) in [7, 11) is 1.39. The molecule has 0 saturated carbocycles. The Morgan fingerprint density at radius 2 is 1.72 bits per heavy atom. The van der Waals surface area contributed by atoms with Crippen LogP contribution >= 0.6 is 0 Å². The topological polar surface area (TPSA) is 162 Å². The molecule has 2 amide bonds. The number of nitro groups is 1. The minimum Gasteiger partial charge on any atom is -0.493 e. The predicted octanol–water partition coefficient (Wildman–Crippen LogP) is 4.43. The Morgan fingerprint density at radius 1 is 0.923 bits per heavy atom. The van der Waals surface area contributed by atoms with Crippen LogP contribution in [0.15, 0.2) is 94.6 Å². The van der Waals surface area contributed by atoms with Gasteiger partial charge < -0.3 is 19.2 Å². The van der Waals surface area contributed by atoms with E-state index in [0.717, 1.165) is 0 Å². The Morgan fingerprint density at radius 3 is 2.41 bits per heavy atom. The molecule has 0 aliphatic rings. The van der Waals surface area contributed by atoms with Gasteiger partial charge in [-0.1, -0.05) is 6.07 Å². The summed E-state index contributed by atoms with van der Waals surface area (Å²) in [6.45, 7) is 0. The molecule has 0 saturated heterocycles. The molecule has 0 fully saturated rings. The largest absolute Gasteiger partial charge is 0.493 e. The van der Waals surface area contributed by atoms with Crippen LogP contribution in [0, 0.1) is 10.1 Å². The lowest BCUT2D eigenvalue weighted by Crippen LogP contribution is -2.18. The first-order valence-electron chi connectivity index (χ1n) is 11.3. The molecule has 2 N–H and O–H groups in total. The maximum Gasteiger partial charge on any atom is 0.343 e. The Bertz CT molecular complexity index is 1550. The van der Waals surface area contributed by atoms with Crippen molar-refractivity contribution in [2.45, 2.75) is 0 Å². The number of hydrogen-bond donors (Lipinski definition) is 2. The third-order valence-corrected chi connectivity index (χ3v) is 5.21. The van der Waals surface area contributed by atoms with Gasteiger partial charge in [0.25, 0.3) is 17.5 Å². The van der Waals surface area contributed by atoms with Crippen LogP contribution in [0.1, 0.15) is 36.8 Å². The Hall–Kier alpha value is -5.78. The van der Waals surface area contributed by atoms with Gasteiger partial charge in [0.1, 0.15) is 0 Å². The summed E-state index contributed by atoms with van der Waals surface area (Å²) < 4.78 is 15.7. The molecule has 0 aliphatic carbocycles. The number of nitrogens with zero attached hydrogens (tertiary/aromatic N) is 2. The molecule has 39 heavy (non-hydrogen) atoms. The number of hydrogen-bond acceptors (Lipinski definition) is 9. The number of amides is 2. The van der Waals surface area contributed by atoms with Gasteiger partial charge in [-0.2, -0.15) is 5.10 Å². The minimum atomic E-state index is -0.723.